The number of ether oxygens (including phenoxy) is 2. The summed E-state index contributed by atoms with van der Waals surface area (Å²) in [5.74, 6) is 1.27. The minimum absolute atomic E-state index is 0.608. The van der Waals surface area contributed by atoms with Crippen molar-refractivity contribution in [3.8, 4) is 0 Å². The molecule has 2 nitrogen and oxygen atoms in total. The number of unbranched alkanes of at least 4 members (excludes halogenated alkanes) is 4. The molecule has 0 saturated heterocycles. The maximum Gasteiger partial charge on any atom is 0.0493 e. The van der Waals surface area contributed by atoms with Crippen LogP contribution in [0.3, 0.4) is 0 Å². The Morgan fingerprint density at radius 1 is 0.875 bits per heavy atom. The van der Waals surface area contributed by atoms with Crippen LogP contribution in [0.15, 0.2) is 0 Å². The molecule has 0 spiro atoms. The molecule has 0 aromatic heterocycles. The molecule has 0 aliphatic carbocycles. The topological polar surface area (TPSA) is 18.5 Å². The Balaban J connectivity index is 3.66. The quantitative estimate of drug-likeness (QED) is 0.501. The van der Waals surface area contributed by atoms with E-state index in [-0.39, 0.29) is 0 Å². The van der Waals surface area contributed by atoms with Gasteiger partial charge in [0.25, 0.3) is 0 Å². The zero-order valence-electron chi connectivity index (χ0n) is 11.6. The van der Waals surface area contributed by atoms with E-state index >= 15 is 0 Å². The summed E-state index contributed by atoms with van der Waals surface area (Å²) < 4.78 is 10.5. The second kappa shape index (κ2) is 11.4. The molecule has 0 rings (SSSR count). The van der Waals surface area contributed by atoms with Crippen LogP contribution in [0.2, 0.25) is 0 Å². The summed E-state index contributed by atoms with van der Waals surface area (Å²) in [7, 11) is 3.57. The van der Waals surface area contributed by atoms with Gasteiger partial charge in [0, 0.05) is 27.4 Å². The van der Waals surface area contributed by atoms with Gasteiger partial charge in [0.05, 0.1) is 0 Å². The third-order valence-corrected chi connectivity index (χ3v) is 3.29. The van der Waals surface area contributed by atoms with Gasteiger partial charge in [-0.15, -0.1) is 0 Å². The van der Waals surface area contributed by atoms with Crippen molar-refractivity contribution in [1.82, 2.24) is 0 Å². The van der Waals surface area contributed by atoms with Crippen molar-refractivity contribution in [3.05, 3.63) is 0 Å². The lowest BCUT2D eigenvalue weighted by atomic mass is 9.90. The van der Waals surface area contributed by atoms with E-state index < -0.39 is 0 Å². The van der Waals surface area contributed by atoms with Crippen molar-refractivity contribution < 1.29 is 9.47 Å². The summed E-state index contributed by atoms with van der Waals surface area (Å²) in [6.07, 6.45) is 8.07. The van der Waals surface area contributed by atoms with Crippen LogP contribution in [0.5, 0.6) is 0 Å². The number of hydrogen-bond acceptors (Lipinski definition) is 2. The number of hydrogen-bond donors (Lipinski definition) is 0. The lowest BCUT2D eigenvalue weighted by Crippen LogP contribution is -2.21. The second-order valence-electron chi connectivity index (χ2n) is 4.85. The van der Waals surface area contributed by atoms with Gasteiger partial charge in [0.2, 0.25) is 0 Å². The summed E-state index contributed by atoms with van der Waals surface area (Å²) in [4.78, 5) is 0. The predicted octanol–water partition coefficient (Wildman–Crippen LogP) is 3.89. The van der Waals surface area contributed by atoms with Gasteiger partial charge >= 0.3 is 0 Å². The monoisotopic (exact) mass is 230 g/mol. The molecule has 2 heteroatoms. The van der Waals surface area contributed by atoms with E-state index in [1.807, 2.05) is 0 Å². The van der Waals surface area contributed by atoms with Crippen LogP contribution in [0, 0.1) is 11.8 Å². The highest BCUT2D eigenvalue weighted by Crippen LogP contribution is 2.20. The largest absolute Gasteiger partial charge is 0.384 e. The van der Waals surface area contributed by atoms with Gasteiger partial charge in [-0.05, 0) is 18.3 Å². The van der Waals surface area contributed by atoms with Crippen LogP contribution in [0.4, 0.5) is 0 Å². The molecule has 0 radical (unpaired) electrons. The highest BCUT2D eigenvalue weighted by atomic mass is 16.5. The highest BCUT2D eigenvalue weighted by molar-refractivity contribution is 4.66. The Morgan fingerprint density at radius 2 is 1.50 bits per heavy atom. The Morgan fingerprint density at radius 3 is 2.06 bits per heavy atom. The van der Waals surface area contributed by atoms with Crippen molar-refractivity contribution in [1.29, 1.82) is 0 Å². The molecule has 0 bridgehead atoms. The van der Waals surface area contributed by atoms with Crippen molar-refractivity contribution in [2.75, 3.05) is 27.4 Å². The maximum atomic E-state index is 5.29. The van der Waals surface area contributed by atoms with Gasteiger partial charge in [-0.1, -0.05) is 46.0 Å². The lowest BCUT2D eigenvalue weighted by Gasteiger charge is -2.22. The van der Waals surface area contributed by atoms with Gasteiger partial charge in [0.15, 0.2) is 0 Å². The zero-order valence-corrected chi connectivity index (χ0v) is 11.6. The van der Waals surface area contributed by atoms with E-state index in [4.69, 9.17) is 9.47 Å². The fraction of sp³-hybridized carbons (Fsp3) is 1.00. The van der Waals surface area contributed by atoms with E-state index in [0.29, 0.717) is 11.8 Å². The van der Waals surface area contributed by atoms with Crippen LogP contribution in [-0.4, -0.2) is 27.4 Å². The summed E-state index contributed by atoms with van der Waals surface area (Å²) in [6, 6.07) is 0. The number of rotatable bonds is 11. The first-order valence-corrected chi connectivity index (χ1v) is 6.74. The van der Waals surface area contributed by atoms with Crippen LogP contribution in [0.25, 0.3) is 0 Å². The van der Waals surface area contributed by atoms with E-state index in [0.717, 1.165) is 13.2 Å². The van der Waals surface area contributed by atoms with Crippen molar-refractivity contribution in [2.45, 2.75) is 52.4 Å². The fourth-order valence-corrected chi connectivity index (χ4v) is 2.16. The smallest absolute Gasteiger partial charge is 0.0493 e. The molecule has 0 aliphatic heterocycles. The van der Waals surface area contributed by atoms with Gasteiger partial charge in [-0.25, -0.2) is 0 Å². The van der Waals surface area contributed by atoms with E-state index in [2.05, 4.69) is 13.8 Å². The van der Waals surface area contributed by atoms with Crippen LogP contribution >= 0.6 is 0 Å². The molecule has 0 aromatic carbocycles. The van der Waals surface area contributed by atoms with E-state index in [1.165, 1.54) is 38.5 Å². The van der Waals surface area contributed by atoms with Crippen molar-refractivity contribution >= 4 is 0 Å². The molecule has 0 amide bonds. The molecule has 0 fully saturated rings. The molecule has 0 aromatic rings. The SMILES string of the molecule is CCCCCCCC(COC)C(C)COC. The summed E-state index contributed by atoms with van der Waals surface area (Å²) >= 11 is 0. The van der Waals surface area contributed by atoms with Gasteiger partial charge in [-0.3, -0.25) is 0 Å². The third kappa shape index (κ3) is 8.12. The van der Waals surface area contributed by atoms with Gasteiger partial charge in [-0.2, -0.15) is 0 Å². The molecule has 0 N–H and O–H groups in total. The van der Waals surface area contributed by atoms with Crippen LogP contribution < -0.4 is 0 Å². The van der Waals surface area contributed by atoms with Crippen LogP contribution in [0.1, 0.15) is 52.4 Å². The Labute approximate surface area is 102 Å². The molecule has 98 valence electrons. The van der Waals surface area contributed by atoms with Gasteiger partial charge in [0.1, 0.15) is 0 Å². The van der Waals surface area contributed by atoms with Crippen LogP contribution in [-0.2, 0) is 9.47 Å². The minimum Gasteiger partial charge on any atom is -0.384 e. The first-order chi connectivity index (χ1) is 7.76. The van der Waals surface area contributed by atoms with E-state index in [9.17, 15) is 0 Å². The summed E-state index contributed by atoms with van der Waals surface area (Å²) in [5.41, 5.74) is 0. The Bertz CT molecular complexity index is 137. The minimum atomic E-state index is 0.608. The molecule has 2 atom stereocenters. The Hall–Kier alpha value is -0.0800. The first-order valence-electron chi connectivity index (χ1n) is 6.74. The van der Waals surface area contributed by atoms with Gasteiger partial charge < -0.3 is 9.47 Å². The molecule has 0 aliphatic rings. The molecule has 2 unspecified atom stereocenters. The molecular formula is C14H30O2. The second-order valence-corrected chi connectivity index (χ2v) is 4.85. The third-order valence-electron chi connectivity index (χ3n) is 3.29. The Kier molecular flexibility index (Phi) is 11.3. The molecule has 0 heterocycles. The maximum absolute atomic E-state index is 5.29. The predicted molar refractivity (Wildman–Crippen MR) is 69.8 cm³/mol. The number of methoxy groups -OCH3 is 2. The fourth-order valence-electron chi connectivity index (χ4n) is 2.16. The van der Waals surface area contributed by atoms with Crippen molar-refractivity contribution in [2.24, 2.45) is 11.8 Å². The van der Waals surface area contributed by atoms with Crippen molar-refractivity contribution in [3.63, 3.8) is 0 Å². The standard InChI is InChI=1S/C14H30O2/c1-5-6-7-8-9-10-14(12-16-4)13(2)11-15-3/h13-14H,5-12H2,1-4H3. The lowest BCUT2D eigenvalue weighted by molar-refractivity contribution is 0.0722. The summed E-state index contributed by atoms with van der Waals surface area (Å²) in [5, 5.41) is 0. The highest BCUT2D eigenvalue weighted by Gasteiger charge is 2.16. The average Bonchev–Trinajstić information content (AvgIpc) is 2.27. The molecular weight excluding hydrogens is 200 g/mol. The first kappa shape index (κ1) is 15.9. The summed E-state index contributed by atoms with van der Waals surface area (Å²) in [6.45, 7) is 6.24. The normalized spacial score (nSPS) is 15.0. The van der Waals surface area contributed by atoms with E-state index in [1.54, 1.807) is 14.2 Å². The molecule has 16 heavy (non-hydrogen) atoms. The zero-order chi connectivity index (χ0) is 12.2. The average molecular weight is 230 g/mol. The molecule has 0 saturated carbocycles.